The van der Waals surface area contributed by atoms with E-state index in [1.165, 1.54) is 5.56 Å². The molecule has 0 aromatic heterocycles. The van der Waals surface area contributed by atoms with E-state index in [1.54, 1.807) is 0 Å². The van der Waals surface area contributed by atoms with Gasteiger partial charge in [0.2, 0.25) is 0 Å². The fourth-order valence-corrected chi connectivity index (χ4v) is 2.13. The zero-order valence-electron chi connectivity index (χ0n) is 10.9. The van der Waals surface area contributed by atoms with Crippen molar-refractivity contribution in [1.82, 2.24) is 0 Å². The van der Waals surface area contributed by atoms with Crippen molar-refractivity contribution in [3.63, 3.8) is 0 Å². The number of benzene rings is 2. The van der Waals surface area contributed by atoms with Crippen LogP contribution in [0.1, 0.15) is 35.1 Å². The lowest BCUT2D eigenvalue weighted by Crippen LogP contribution is -1.97. The van der Waals surface area contributed by atoms with Crippen molar-refractivity contribution in [2.45, 2.75) is 19.8 Å². The van der Waals surface area contributed by atoms with Crippen LogP contribution in [0.5, 0.6) is 5.75 Å². The molecule has 0 saturated carbocycles. The zero-order chi connectivity index (χ0) is 13.1. The first-order chi connectivity index (χ1) is 8.63. The van der Waals surface area contributed by atoms with Gasteiger partial charge in [-0.15, -0.1) is 0 Å². The van der Waals surface area contributed by atoms with Crippen LogP contribution in [0.2, 0.25) is 0 Å². The summed E-state index contributed by atoms with van der Waals surface area (Å²) in [4.78, 5) is 0. The van der Waals surface area contributed by atoms with Crippen LogP contribution in [0.3, 0.4) is 0 Å². The Hall–Kier alpha value is -2.02. The summed E-state index contributed by atoms with van der Waals surface area (Å²) in [6.45, 7) is 7.78. The number of phenolic OH excluding ortho intramolecular Hbond substituents is 1. The van der Waals surface area contributed by atoms with Crippen LogP contribution in [0.4, 0.5) is 0 Å². The molecule has 0 aliphatic rings. The maximum absolute atomic E-state index is 10.1. The van der Waals surface area contributed by atoms with Crippen molar-refractivity contribution in [2.24, 2.45) is 0 Å². The second-order valence-corrected chi connectivity index (χ2v) is 4.61. The Morgan fingerprint density at radius 1 is 1.11 bits per heavy atom. The molecule has 92 valence electrons. The summed E-state index contributed by atoms with van der Waals surface area (Å²) >= 11 is 0. The normalized spacial score (nSPS) is 12.1. The van der Waals surface area contributed by atoms with Crippen molar-refractivity contribution in [2.75, 3.05) is 0 Å². The molecular weight excluding hydrogens is 220 g/mol. The van der Waals surface area contributed by atoms with E-state index in [1.807, 2.05) is 43.3 Å². The Labute approximate surface area is 108 Å². The SMILES string of the molecule is C=Cc1ccc(C(C)c2cccc(C)c2O)cc1. The van der Waals surface area contributed by atoms with Gasteiger partial charge in [0.15, 0.2) is 0 Å². The molecule has 0 heterocycles. The van der Waals surface area contributed by atoms with Gasteiger partial charge >= 0.3 is 0 Å². The number of hydrogen-bond donors (Lipinski definition) is 1. The predicted molar refractivity (Wildman–Crippen MR) is 76.9 cm³/mol. The van der Waals surface area contributed by atoms with E-state index in [-0.39, 0.29) is 5.92 Å². The predicted octanol–water partition coefficient (Wildman–Crippen LogP) is 4.50. The van der Waals surface area contributed by atoms with Gasteiger partial charge in [-0.2, -0.15) is 0 Å². The lowest BCUT2D eigenvalue weighted by Gasteiger charge is -2.15. The van der Waals surface area contributed by atoms with E-state index in [0.29, 0.717) is 5.75 Å². The molecule has 0 aliphatic carbocycles. The van der Waals surface area contributed by atoms with Crippen molar-refractivity contribution >= 4 is 6.08 Å². The number of para-hydroxylation sites is 1. The van der Waals surface area contributed by atoms with E-state index in [2.05, 4.69) is 25.6 Å². The van der Waals surface area contributed by atoms with Gasteiger partial charge in [0, 0.05) is 11.5 Å². The van der Waals surface area contributed by atoms with Gasteiger partial charge < -0.3 is 5.11 Å². The van der Waals surface area contributed by atoms with Crippen LogP contribution in [0.25, 0.3) is 6.08 Å². The monoisotopic (exact) mass is 238 g/mol. The van der Waals surface area contributed by atoms with Crippen molar-refractivity contribution in [3.8, 4) is 5.75 Å². The molecule has 1 heteroatoms. The zero-order valence-corrected chi connectivity index (χ0v) is 10.9. The van der Waals surface area contributed by atoms with Crippen LogP contribution < -0.4 is 0 Å². The van der Waals surface area contributed by atoms with Crippen LogP contribution in [-0.2, 0) is 0 Å². The number of phenols is 1. The lowest BCUT2D eigenvalue weighted by molar-refractivity contribution is 0.462. The first-order valence-electron chi connectivity index (χ1n) is 6.14. The molecule has 0 aliphatic heterocycles. The first kappa shape index (κ1) is 12.4. The third-order valence-corrected chi connectivity index (χ3v) is 3.41. The molecule has 18 heavy (non-hydrogen) atoms. The molecule has 0 amide bonds. The maximum atomic E-state index is 10.1. The topological polar surface area (TPSA) is 20.2 Å². The van der Waals surface area contributed by atoms with Gasteiger partial charge in [0.05, 0.1) is 0 Å². The van der Waals surface area contributed by atoms with E-state index >= 15 is 0 Å². The van der Waals surface area contributed by atoms with E-state index in [4.69, 9.17) is 0 Å². The minimum atomic E-state index is 0.184. The second kappa shape index (κ2) is 5.09. The molecule has 1 unspecified atom stereocenters. The first-order valence-corrected chi connectivity index (χ1v) is 6.14. The van der Waals surface area contributed by atoms with Gasteiger partial charge in [-0.1, -0.05) is 62.0 Å². The number of aryl methyl sites for hydroxylation is 1. The third kappa shape index (κ3) is 2.30. The fraction of sp³-hybridized carbons (Fsp3) is 0.176. The Morgan fingerprint density at radius 3 is 2.39 bits per heavy atom. The van der Waals surface area contributed by atoms with Crippen LogP contribution in [0, 0.1) is 6.92 Å². The van der Waals surface area contributed by atoms with Crippen molar-refractivity contribution in [3.05, 3.63) is 71.3 Å². The Balaban J connectivity index is 2.37. The summed E-state index contributed by atoms with van der Waals surface area (Å²) < 4.78 is 0. The Kier molecular flexibility index (Phi) is 3.52. The number of rotatable bonds is 3. The van der Waals surface area contributed by atoms with E-state index < -0.39 is 0 Å². The molecule has 1 nitrogen and oxygen atoms in total. The van der Waals surface area contributed by atoms with Gasteiger partial charge in [0.25, 0.3) is 0 Å². The van der Waals surface area contributed by atoms with Crippen molar-refractivity contribution < 1.29 is 5.11 Å². The summed E-state index contributed by atoms with van der Waals surface area (Å²) in [5.41, 5.74) is 4.20. The average Bonchev–Trinajstić information content (AvgIpc) is 2.41. The average molecular weight is 238 g/mol. The minimum Gasteiger partial charge on any atom is -0.507 e. The molecule has 0 spiro atoms. The van der Waals surface area contributed by atoms with E-state index in [9.17, 15) is 5.11 Å². The quantitative estimate of drug-likeness (QED) is 0.835. The highest BCUT2D eigenvalue weighted by Crippen LogP contribution is 2.32. The molecule has 0 bridgehead atoms. The maximum Gasteiger partial charge on any atom is 0.122 e. The molecule has 1 atom stereocenters. The molecule has 0 fully saturated rings. The summed E-state index contributed by atoms with van der Waals surface area (Å²) in [6, 6.07) is 14.2. The molecule has 2 rings (SSSR count). The summed E-state index contributed by atoms with van der Waals surface area (Å²) in [5.74, 6) is 0.585. The van der Waals surface area contributed by atoms with Crippen molar-refractivity contribution in [1.29, 1.82) is 0 Å². The largest absolute Gasteiger partial charge is 0.507 e. The molecule has 0 radical (unpaired) electrons. The van der Waals surface area contributed by atoms with Gasteiger partial charge in [-0.25, -0.2) is 0 Å². The summed E-state index contributed by atoms with van der Waals surface area (Å²) in [6.07, 6.45) is 1.83. The summed E-state index contributed by atoms with van der Waals surface area (Å²) in [5, 5.41) is 10.1. The standard InChI is InChI=1S/C17H18O/c1-4-14-8-10-15(11-9-14)13(3)16-7-5-6-12(2)17(16)18/h4-11,13,18H,1H2,2-3H3. The van der Waals surface area contributed by atoms with Gasteiger partial charge in [0.1, 0.15) is 5.75 Å². The highest BCUT2D eigenvalue weighted by Gasteiger charge is 2.13. The number of aromatic hydroxyl groups is 1. The summed E-state index contributed by atoms with van der Waals surface area (Å²) in [7, 11) is 0. The van der Waals surface area contributed by atoms with Crippen LogP contribution in [-0.4, -0.2) is 5.11 Å². The molecule has 1 N–H and O–H groups in total. The second-order valence-electron chi connectivity index (χ2n) is 4.61. The molecule has 0 saturated heterocycles. The Bertz CT molecular complexity index is 552. The fourth-order valence-electron chi connectivity index (χ4n) is 2.13. The van der Waals surface area contributed by atoms with Gasteiger partial charge in [-0.3, -0.25) is 0 Å². The van der Waals surface area contributed by atoms with E-state index in [0.717, 1.165) is 16.7 Å². The Morgan fingerprint density at radius 2 is 1.78 bits per heavy atom. The minimum absolute atomic E-state index is 0.184. The lowest BCUT2D eigenvalue weighted by atomic mass is 9.91. The number of hydrogen-bond acceptors (Lipinski definition) is 1. The third-order valence-electron chi connectivity index (χ3n) is 3.41. The molecule has 2 aromatic carbocycles. The molecule has 2 aromatic rings. The smallest absolute Gasteiger partial charge is 0.122 e. The highest BCUT2D eigenvalue weighted by molar-refractivity contribution is 5.50. The van der Waals surface area contributed by atoms with Crippen LogP contribution in [0.15, 0.2) is 49.0 Å². The van der Waals surface area contributed by atoms with Crippen LogP contribution >= 0.6 is 0 Å². The molecular formula is C17H18O. The highest BCUT2D eigenvalue weighted by atomic mass is 16.3. The van der Waals surface area contributed by atoms with Gasteiger partial charge in [-0.05, 0) is 23.6 Å².